The Morgan fingerprint density at radius 2 is 1.81 bits per heavy atom. The first-order valence-corrected chi connectivity index (χ1v) is 7.65. The summed E-state index contributed by atoms with van der Waals surface area (Å²) in [7, 11) is 0. The van der Waals surface area contributed by atoms with Crippen molar-refractivity contribution in [3.63, 3.8) is 0 Å². The summed E-state index contributed by atoms with van der Waals surface area (Å²) in [5.41, 5.74) is 5.91. The highest BCUT2D eigenvalue weighted by Crippen LogP contribution is 2.41. The van der Waals surface area contributed by atoms with Crippen LogP contribution in [-0.4, -0.2) is 0 Å². The van der Waals surface area contributed by atoms with Crippen LogP contribution in [0.2, 0.25) is 5.02 Å². The fraction of sp³-hybridized carbons (Fsp3) is 0.158. The Morgan fingerprint density at radius 3 is 2.48 bits per heavy atom. The van der Waals surface area contributed by atoms with Gasteiger partial charge in [-0.15, -0.1) is 0 Å². The first-order chi connectivity index (χ1) is 10.3. The van der Waals surface area contributed by atoms with E-state index in [4.69, 9.17) is 11.6 Å². The van der Waals surface area contributed by atoms with Gasteiger partial charge >= 0.3 is 0 Å². The van der Waals surface area contributed by atoms with Gasteiger partial charge in [-0.25, -0.2) is 0 Å². The van der Waals surface area contributed by atoms with E-state index in [0.717, 1.165) is 22.7 Å². The normalized spacial score (nSPS) is 15.9. The molecule has 2 aromatic rings. The van der Waals surface area contributed by atoms with Crippen molar-refractivity contribution in [2.45, 2.75) is 20.3 Å². The molecule has 0 amide bonds. The van der Waals surface area contributed by atoms with Gasteiger partial charge in [0.1, 0.15) is 0 Å². The van der Waals surface area contributed by atoms with Gasteiger partial charge in [-0.2, -0.15) is 0 Å². The SMILES string of the molecule is C/C=C1\c2c(Cl)cccc2C=C(CC)N1c1ccccc1. The predicted octanol–water partition coefficient (Wildman–Crippen LogP) is 5.97. The van der Waals surface area contributed by atoms with Gasteiger partial charge < -0.3 is 4.90 Å². The zero-order valence-corrected chi connectivity index (χ0v) is 13.1. The van der Waals surface area contributed by atoms with Gasteiger partial charge in [0, 0.05) is 16.9 Å². The highest BCUT2D eigenvalue weighted by molar-refractivity contribution is 6.33. The topological polar surface area (TPSA) is 3.24 Å². The van der Waals surface area contributed by atoms with Gasteiger partial charge in [0.15, 0.2) is 0 Å². The molecule has 106 valence electrons. The van der Waals surface area contributed by atoms with Gasteiger partial charge in [0.05, 0.1) is 10.7 Å². The fourth-order valence-electron chi connectivity index (χ4n) is 2.86. The number of hydrogen-bond acceptors (Lipinski definition) is 1. The van der Waals surface area contributed by atoms with Crippen LogP contribution in [0.1, 0.15) is 31.4 Å². The van der Waals surface area contributed by atoms with E-state index in [0.29, 0.717) is 0 Å². The molecular formula is C19H18ClN. The lowest BCUT2D eigenvalue weighted by Crippen LogP contribution is -2.24. The molecule has 0 saturated heterocycles. The van der Waals surface area contributed by atoms with E-state index < -0.39 is 0 Å². The average molecular weight is 296 g/mol. The van der Waals surface area contributed by atoms with Crippen molar-refractivity contribution >= 4 is 29.1 Å². The number of fused-ring (bicyclic) bond motifs is 1. The van der Waals surface area contributed by atoms with Gasteiger partial charge in [0.2, 0.25) is 0 Å². The largest absolute Gasteiger partial charge is 0.314 e. The summed E-state index contributed by atoms with van der Waals surface area (Å²) in [4.78, 5) is 2.30. The average Bonchev–Trinajstić information content (AvgIpc) is 2.54. The van der Waals surface area contributed by atoms with Crippen LogP contribution in [0.5, 0.6) is 0 Å². The molecule has 3 rings (SSSR count). The van der Waals surface area contributed by atoms with Crippen molar-refractivity contribution < 1.29 is 0 Å². The molecule has 0 radical (unpaired) electrons. The molecule has 1 aliphatic heterocycles. The van der Waals surface area contributed by atoms with Crippen LogP contribution in [-0.2, 0) is 0 Å². The molecule has 1 nitrogen and oxygen atoms in total. The lowest BCUT2D eigenvalue weighted by Gasteiger charge is -2.34. The van der Waals surface area contributed by atoms with Gasteiger partial charge in [-0.05, 0) is 43.2 Å². The van der Waals surface area contributed by atoms with Crippen molar-refractivity contribution in [3.8, 4) is 0 Å². The van der Waals surface area contributed by atoms with Gasteiger partial charge in [-0.1, -0.05) is 54.9 Å². The number of anilines is 1. The third-order valence-corrected chi connectivity index (χ3v) is 4.12. The highest BCUT2D eigenvalue weighted by Gasteiger charge is 2.24. The van der Waals surface area contributed by atoms with Crippen molar-refractivity contribution in [1.29, 1.82) is 0 Å². The number of nitrogens with zero attached hydrogens (tertiary/aromatic N) is 1. The lowest BCUT2D eigenvalue weighted by molar-refractivity contribution is 1.02. The quantitative estimate of drug-likeness (QED) is 0.659. The minimum Gasteiger partial charge on any atom is -0.314 e. The van der Waals surface area contributed by atoms with Gasteiger partial charge in [0.25, 0.3) is 0 Å². The van der Waals surface area contributed by atoms with Crippen LogP contribution in [0.25, 0.3) is 11.8 Å². The summed E-state index contributed by atoms with van der Waals surface area (Å²) < 4.78 is 0. The zero-order chi connectivity index (χ0) is 14.8. The van der Waals surface area contributed by atoms with E-state index in [1.54, 1.807) is 0 Å². The minimum atomic E-state index is 0.799. The maximum atomic E-state index is 6.46. The Hall–Kier alpha value is -1.99. The molecule has 0 N–H and O–H groups in total. The number of allylic oxidation sites excluding steroid dienone is 2. The lowest BCUT2D eigenvalue weighted by atomic mass is 9.96. The maximum absolute atomic E-state index is 6.46. The third-order valence-electron chi connectivity index (χ3n) is 3.80. The van der Waals surface area contributed by atoms with Crippen molar-refractivity contribution in [1.82, 2.24) is 0 Å². The fourth-order valence-corrected chi connectivity index (χ4v) is 3.14. The molecule has 0 bridgehead atoms. The third kappa shape index (κ3) is 2.38. The summed E-state index contributed by atoms with van der Waals surface area (Å²) in [6.07, 6.45) is 5.35. The van der Waals surface area contributed by atoms with Crippen LogP contribution in [0, 0.1) is 0 Å². The molecular weight excluding hydrogens is 278 g/mol. The first-order valence-electron chi connectivity index (χ1n) is 7.27. The Balaban J connectivity index is 2.24. The summed E-state index contributed by atoms with van der Waals surface area (Å²) in [5.74, 6) is 0. The first kappa shape index (κ1) is 14.0. The Bertz CT molecular complexity index is 714. The van der Waals surface area contributed by atoms with Gasteiger partial charge in [-0.3, -0.25) is 0 Å². The number of benzene rings is 2. The van der Waals surface area contributed by atoms with Crippen LogP contribution in [0.3, 0.4) is 0 Å². The summed E-state index contributed by atoms with van der Waals surface area (Å²) in [6.45, 7) is 4.25. The molecule has 0 aromatic heterocycles. The Labute approximate surface area is 131 Å². The molecule has 0 spiro atoms. The molecule has 0 saturated carbocycles. The maximum Gasteiger partial charge on any atom is 0.0509 e. The smallest absolute Gasteiger partial charge is 0.0509 e. The highest BCUT2D eigenvalue weighted by atomic mass is 35.5. The molecule has 1 aliphatic rings. The monoisotopic (exact) mass is 295 g/mol. The van der Waals surface area contributed by atoms with E-state index in [1.165, 1.54) is 16.9 Å². The molecule has 2 aromatic carbocycles. The van der Waals surface area contributed by atoms with Crippen LogP contribution in [0.4, 0.5) is 5.69 Å². The van der Waals surface area contributed by atoms with E-state index in [9.17, 15) is 0 Å². The van der Waals surface area contributed by atoms with E-state index in [1.807, 2.05) is 18.2 Å². The standard InChI is InChI=1S/C19H18ClN/c1-3-15-13-14-9-8-12-17(20)19(14)18(4-2)21(15)16-10-6-5-7-11-16/h4-13H,3H2,1-2H3/b18-4+. The molecule has 0 unspecified atom stereocenters. The number of rotatable bonds is 2. The van der Waals surface area contributed by atoms with Crippen molar-refractivity contribution in [2.24, 2.45) is 0 Å². The van der Waals surface area contributed by atoms with Crippen LogP contribution in [0.15, 0.2) is 60.3 Å². The van der Waals surface area contributed by atoms with Crippen molar-refractivity contribution in [3.05, 3.63) is 76.5 Å². The number of halogens is 1. The second kappa shape index (κ2) is 5.79. The predicted molar refractivity (Wildman–Crippen MR) is 92.3 cm³/mol. The van der Waals surface area contributed by atoms with Crippen LogP contribution >= 0.6 is 11.6 Å². The zero-order valence-electron chi connectivity index (χ0n) is 12.3. The summed E-state index contributed by atoms with van der Waals surface area (Å²) in [6, 6.07) is 16.5. The molecule has 0 aliphatic carbocycles. The molecule has 0 atom stereocenters. The van der Waals surface area contributed by atoms with E-state index in [-0.39, 0.29) is 0 Å². The Kier molecular flexibility index (Phi) is 3.85. The molecule has 1 heterocycles. The van der Waals surface area contributed by atoms with E-state index >= 15 is 0 Å². The molecule has 2 heteroatoms. The van der Waals surface area contributed by atoms with Crippen molar-refractivity contribution in [2.75, 3.05) is 4.90 Å². The molecule has 21 heavy (non-hydrogen) atoms. The number of para-hydroxylation sites is 1. The summed E-state index contributed by atoms with van der Waals surface area (Å²) >= 11 is 6.46. The number of hydrogen-bond donors (Lipinski definition) is 0. The minimum absolute atomic E-state index is 0.799. The second-order valence-electron chi connectivity index (χ2n) is 5.04. The summed E-state index contributed by atoms with van der Waals surface area (Å²) in [5, 5.41) is 0.799. The van der Waals surface area contributed by atoms with E-state index in [2.05, 4.69) is 61.2 Å². The second-order valence-corrected chi connectivity index (χ2v) is 5.45. The Morgan fingerprint density at radius 1 is 1.05 bits per heavy atom. The van der Waals surface area contributed by atoms with Crippen LogP contribution < -0.4 is 4.90 Å². The molecule has 0 fully saturated rings.